The highest BCUT2D eigenvalue weighted by Gasteiger charge is 2.35. The van der Waals surface area contributed by atoms with Crippen molar-refractivity contribution in [1.29, 1.82) is 0 Å². The van der Waals surface area contributed by atoms with E-state index in [0.717, 1.165) is 6.07 Å². The van der Waals surface area contributed by atoms with Crippen LogP contribution in [0.1, 0.15) is 44.4 Å². The van der Waals surface area contributed by atoms with E-state index in [1.54, 1.807) is 26.8 Å². The molecule has 1 fully saturated rings. The van der Waals surface area contributed by atoms with Crippen LogP contribution in [-0.4, -0.2) is 50.9 Å². The molecule has 3 aromatic rings. The van der Waals surface area contributed by atoms with Crippen molar-refractivity contribution in [2.24, 2.45) is 0 Å². The monoisotopic (exact) mass is 492 g/mol. The first-order valence-corrected chi connectivity index (χ1v) is 11.2. The second kappa shape index (κ2) is 8.94. The van der Waals surface area contributed by atoms with Crippen LogP contribution in [0.15, 0.2) is 41.3 Å². The molecule has 0 aliphatic carbocycles. The molecule has 0 N–H and O–H groups in total. The number of carbonyl (C=O) groups excluding carboxylic acids is 1. The molecule has 188 valence electrons. The van der Waals surface area contributed by atoms with Gasteiger partial charge in [0.25, 0.3) is 0 Å². The molecule has 0 spiro atoms. The molecule has 11 heteroatoms. The average molecular weight is 492 g/mol. The van der Waals surface area contributed by atoms with Crippen LogP contribution in [0.25, 0.3) is 11.0 Å². The second-order valence-corrected chi connectivity index (χ2v) is 9.45. The van der Waals surface area contributed by atoms with Crippen molar-refractivity contribution >= 4 is 17.1 Å². The summed E-state index contributed by atoms with van der Waals surface area (Å²) in [7, 11) is 1.39. The van der Waals surface area contributed by atoms with Gasteiger partial charge in [0, 0.05) is 19.3 Å². The van der Waals surface area contributed by atoms with Gasteiger partial charge in [0.1, 0.15) is 11.1 Å². The number of hydrogen-bond acceptors (Lipinski definition) is 5. The number of pyridine rings is 1. The zero-order valence-electron chi connectivity index (χ0n) is 19.9. The van der Waals surface area contributed by atoms with Crippen LogP contribution < -0.4 is 10.4 Å². The minimum Gasteiger partial charge on any atom is -0.479 e. The van der Waals surface area contributed by atoms with Crippen LogP contribution in [0.5, 0.6) is 5.88 Å². The number of aromatic nitrogens is 3. The molecule has 8 nitrogen and oxygen atoms in total. The smallest absolute Gasteiger partial charge is 0.416 e. The Bertz CT molecular complexity index is 1310. The van der Waals surface area contributed by atoms with Gasteiger partial charge >= 0.3 is 18.0 Å². The number of alkyl halides is 3. The van der Waals surface area contributed by atoms with E-state index >= 15 is 0 Å². The maximum atomic E-state index is 13.6. The Labute approximate surface area is 199 Å². The third-order valence-corrected chi connectivity index (χ3v) is 5.86. The van der Waals surface area contributed by atoms with E-state index < -0.39 is 29.1 Å². The third-order valence-electron chi connectivity index (χ3n) is 5.86. The van der Waals surface area contributed by atoms with Gasteiger partial charge in [-0.3, -0.25) is 9.13 Å². The minimum absolute atomic E-state index is 0.0474. The number of ether oxygens (including phenoxy) is 2. The van der Waals surface area contributed by atoms with Crippen molar-refractivity contribution in [2.45, 2.75) is 51.6 Å². The van der Waals surface area contributed by atoms with E-state index in [2.05, 4.69) is 4.98 Å². The van der Waals surface area contributed by atoms with E-state index in [9.17, 15) is 22.8 Å². The Morgan fingerprint density at radius 1 is 1.17 bits per heavy atom. The van der Waals surface area contributed by atoms with Crippen molar-refractivity contribution < 1.29 is 27.4 Å². The maximum absolute atomic E-state index is 13.6. The molecule has 1 unspecified atom stereocenters. The Morgan fingerprint density at radius 2 is 1.89 bits per heavy atom. The summed E-state index contributed by atoms with van der Waals surface area (Å²) < 4.78 is 54.4. The molecule has 1 amide bonds. The zero-order chi connectivity index (χ0) is 25.5. The SMILES string of the molecule is COc1nccc2c1n(Cc1ccccc1C(F)(F)F)c(=O)n2C1CCN(C(=O)OC(C)(C)C)C1. The summed E-state index contributed by atoms with van der Waals surface area (Å²) >= 11 is 0. The summed E-state index contributed by atoms with van der Waals surface area (Å²) in [6.45, 7) is 5.62. The number of halogens is 3. The molecule has 0 saturated carbocycles. The predicted molar refractivity (Wildman–Crippen MR) is 123 cm³/mol. The van der Waals surface area contributed by atoms with Crippen molar-refractivity contribution in [3.8, 4) is 5.88 Å². The van der Waals surface area contributed by atoms with Crippen molar-refractivity contribution in [1.82, 2.24) is 19.0 Å². The van der Waals surface area contributed by atoms with E-state index in [4.69, 9.17) is 9.47 Å². The number of fused-ring (bicyclic) bond motifs is 1. The lowest BCUT2D eigenvalue weighted by molar-refractivity contribution is -0.138. The molecule has 4 rings (SSSR count). The number of benzene rings is 1. The van der Waals surface area contributed by atoms with Gasteiger partial charge in [0.2, 0.25) is 5.88 Å². The lowest BCUT2D eigenvalue weighted by Crippen LogP contribution is -2.36. The fourth-order valence-corrected chi connectivity index (χ4v) is 4.40. The lowest BCUT2D eigenvalue weighted by atomic mass is 10.1. The number of hydrogen-bond donors (Lipinski definition) is 0. The fourth-order valence-electron chi connectivity index (χ4n) is 4.40. The summed E-state index contributed by atoms with van der Waals surface area (Å²) in [4.78, 5) is 31.9. The summed E-state index contributed by atoms with van der Waals surface area (Å²) in [5.74, 6) is 0.129. The number of rotatable bonds is 4. The molecule has 2 aromatic heterocycles. The van der Waals surface area contributed by atoms with Crippen LogP contribution >= 0.6 is 0 Å². The molecule has 1 aliphatic rings. The summed E-state index contributed by atoms with van der Waals surface area (Å²) in [5.41, 5.74) is -1.25. The van der Waals surface area contributed by atoms with Gasteiger partial charge in [0.05, 0.1) is 30.8 Å². The number of likely N-dealkylation sites (tertiary alicyclic amines) is 1. The van der Waals surface area contributed by atoms with Crippen LogP contribution in [0, 0.1) is 0 Å². The van der Waals surface area contributed by atoms with E-state index in [-0.39, 0.29) is 30.6 Å². The van der Waals surface area contributed by atoms with Gasteiger partial charge in [-0.1, -0.05) is 18.2 Å². The molecular weight excluding hydrogens is 465 g/mol. The number of amides is 1. The fraction of sp³-hybridized carbons (Fsp3) is 0.458. The lowest BCUT2D eigenvalue weighted by Gasteiger charge is -2.24. The van der Waals surface area contributed by atoms with Gasteiger partial charge in [-0.2, -0.15) is 13.2 Å². The average Bonchev–Trinajstić information content (AvgIpc) is 3.35. The van der Waals surface area contributed by atoms with E-state index in [0.29, 0.717) is 24.0 Å². The van der Waals surface area contributed by atoms with Gasteiger partial charge in [0.15, 0.2) is 0 Å². The first-order chi connectivity index (χ1) is 16.4. The summed E-state index contributed by atoms with van der Waals surface area (Å²) in [6, 6.07) is 6.39. The zero-order valence-corrected chi connectivity index (χ0v) is 19.9. The largest absolute Gasteiger partial charge is 0.479 e. The Kier molecular flexibility index (Phi) is 6.29. The van der Waals surface area contributed by atoms with Gasteiger partial charge in [-0.15, -0.1) is 0 Å². The third kappa shape index (κ3) is 4.85. The van der Waals surface area contributed by atoms with E-state index in [1.165, 1.54) is 45.5 Å². The molecule has 1 aliphatic heterocycles. The summed E-state index contributed by atoms with van der Waals surface area (Å²) in [6.07, 6.45) is -3.08. The predicted octanol–water partition coefficient (Wildman–Crippen LogP) is 4.46. The van der Waals surface area contributed by atoms with Gasteiger partial charge in [-0.25, -0.2) is 14.6 Å². The first-order valence-electron chi connectivity index (χ1n) is 11.2. The Hall–Kier alpha value is -3.50. The van der Waals surface area contributed by atoms with Crippen LogP contribution in [0.4, 0.5) is 18.0 Å². The molecule has 1 saturated heterocycles. The highest BCUT2D eigenvalue weighted by atomic mass is 19.4. The minimum atomic E-state index is -4.57. The Balaban J connectivity index is 1.78. The topological polar surface area (TPSA) is 78.6 Å². The number of carbonyl (C=O) groups is 1. The first kappa shape index (κ1) is 24.6. The highest BCUT2D eigenvalue weighted by Crippen LogP contribution is 2.34. The molecule has 0 radical (unpaired) electrons. The quantitative estimate of drug-likeness (QED) is 0.538. The van der Waals surface area contributed by atoms with E-state index in [1.807, 2.05) is 0 Å². The standard InChI is InChI=1S/C24H27F3N4O4/c1-23(2,3)35-22(33)29-12-10-16(14-29)31-18-9-11-28-20(34-4)19(18)30(21(31)32)13-15-7-5-6-8-17(15)24(25,26)27/h5-9,11,16H,10,12-14H2,1-4H3. The van der Waals surface area contributed by atoms with Crippen LogP contribution in [-0.2, 0) is 17.5 Å². The number of methoxy groups -OCH3 is 1. The van der Waals surface area contributed by atoms with Gasteiger partial charge in [-0.05, 0) is 44.9 Å². The number of imidazole rings is 1. The molecule has 1 atom stereocenters. The van der Waals surface area contributed by atoms with Gasteiger partial charge < -0.3 is 14.4 Å². The molecule has 35 heavy (non-hydrogen) atoms. The van der Waals surface area contributed by atoms with Crippen molar-refractivity contribution in [2.75, 3.05) is 20.2 Å². The molecule has 3 heterocycles. The van der Waals surface area contributed by atoms with Crippen LogP contribution in [0.3, 0.4) is 0 Å². The number of nitrogens with zero attached hydrogens (tertiary/aromatic N) is 4. The Morgan fingerprint density at radius 3 is 2.54 bits per heavy atom. The molecule has 0 bridgehead atoms. The van der Waals surface area contributed by atoms with Crippen molar-refractivity contribution in [3.63, 3.8) is 0 Å². The van der Waals surface area contributed by atoms with Crippen molar-refractivity contribution in [3.05, 3.63) is 58.1 Å². The molecule has 1 aromatic carbocycles. The second-order valence-electron chi connectivity index (χ2n) is 9.45. The normalized spacial score (nSPS) is 16.7. The summed E-state index contributed by atoms with van der Waals surface area (Å²) in [5, 5.41) is 0. The van der Waals surface area contributed by atoms with Crippen LogP contribution in [0.2, 0.25) is 0 Å². The highest BCUT2D eigenvalue weighted by molar-refractivity contribution is 5.81. The molecular formula is C24H27F3N4O4. The maximum Gasteiger partial charge on any atom is 0.416 e.